The molecule has 0 bridgehead atoms. The number of para-hydroxylation sites is 1. The molecule has 1 atom stereocenters. The number of nitrogens with zero attached hydrogens (tertiary/aromatic N) is 1. The molecule has 1 aliphatic heterocycles. The minimum absolute atomic E-state index is 0.0582. The molecule has 4 nitrogen and oxygen atoms in total. The Hall–Kier alpha value is -2.49. The van der Waals surface area contributed by atoms with Gasteiger partial charge in [-0.3, -0.25) is 4.79 Å². The first-order valence-corrected chi connectivity index (χ1v) is 8.88. The second-order valence-electron chi connectivity index (χ2n) is 7.18. The molecule has 1 heterocycles. The molecule has 0 saturated carbocycles. The largest absolute Gasteiger partial charge is 0.493 e. The molecule has 4 heteroatoms. The van der Waals surface area contributed by atoms with Crippen LogP contribution in [0.15, 0.2) is 48.5 Å². The highest BCUT2D eigenvalue weighted by atomic mass is 16.5. The topological polar surface area (TPSA) is 41.6 Å². The van der Waals surface area contributed by atoms with Crippen molar-refractivity contribution in [2.24, 2.45) is 5.92 Å². The maximum atomic E-state index is 13.0. The van der Waals surface area contributed by atoms with Crippen LogP contribution in [-0.4, -0.2) is 23.5 Å². The van der Waals surface area contributed by atoms with Crippen LogP contribution in [-0.2, 0) is 0 Å². The van der Waals surface area contributed by atoms with Crippen LogP contribution < -0.4 is 10.1 Å². The first-order valence-electron chi connectivity index (χ1n) is 8.88. The SMILES string of the molecule is CC(C)COc1cccc(C2Nc3ccccc3C(=O)N2C(C)C)c1. The maximum absolute atomic E-state index is 13.0. The quantitative estimate of drug-likeness (QED) is 0.859. The van der Waals surface area contributed by atoms with Crippen molar-refractivity contribution < 1.29 is 9.53 Å². The number of hydrogen-bond donors (Lipinski definition) is 1. The van der Waals surface area contributed by atoms with Gasteiger partial charge in [0.15, 0.2) is 0 Å². The van der Waals surface area contributed by atoms with Crippen LogP contribution in [0.5, 0.6) is 5.75 Å². The molecule has 25 heavy (non-hydrogen) atoms. The van der Waals surface area contributed by atoms with Crippen molar-refractivity contribution in [3.8, 4) is 5.75 Å². The van der Waals surface area contributed by atoms with E-state index in [0.717, 1.165) is 22.6 Å². The average molecular weight is 338 g/mol. The Morgan fingerprint density at radius 1 is 1.08 bits per heavy atom. The van der Waals surface area contributed by atoms with E-state index in [1.807, 2.05) is 67.3 Å². The first kappa shape index (κ1) is 17.3. The standard InChI is InChI=1S/C21H26N2O2/c1-14(2)13-25-17-9-7-8-16(12-17)20-22-19-11-6-5-10-18(19)21(24)23(20)15(3)4/h5-12,14-15,20,22H,13H2,1-4H3. The van der Waals surface area contributed by atoms with Gasteiger partial charge in [0.2, 0.25) is 0 Å². The fraction of sp³-hybridized carbons (Fsp3) is 0.381. The van der Waals surface area contributed by atoms with Gasteiger partial charge in [0.05, 0.1) is 12.2 Å². The molecular formula is C21H26N2O2. The monoisotopic (exact) mass is 338 g/mol. The van der Waals surface area contributed by atoms with E-state index < -0.39 is 0 Å². The lowest BCUT2D eigenvalue weighted by atomic mass is 10.0. The molecule has 2 aromatic rings. The molecule has 1 amide bonds. The zero-order valence-corrected chi connectivity index (χ0v) is 15.3. The predicted molar refractivity (Wildman–Crippen MR) is 101 cm³/mol. The number of amides is 1. The molecule has 1 aliphatic rings. The number of rotatable bonds is 5. The molecule has 1 N–H and O–H groups in total. The normalized spacial score (nSPS) is 16.8. The number of hydrogen-bond acceptors (Lipinski definition) is 3. The predicted octanol–water partition coefficient (Wildman–Crippen LogP) is 4.70. The van der Waals surface area contributed by atoms with Crippen molar-refractivity contribution in [1.82, 2.24) is 4.90 Å². The van der Waals surface area contributed by atoms with E-state index in [2.05, 4.69) is 19.2 Å². The van der Waals surface area contributed by atoms with Gasteiger partial charge >= 0.3 is 0 Å². The Labute approximate surface area is 149 Å². The fourth-order valence-corrected chi connectivity index (χ4v) is 3.08. The minimum Gasteiger partial charge on any atom is -0.493 e. The van der Waals surface area contributed by atoms with E-state index in [1.165, 1.54) is 0 Å². The summed E-state index contributed by atoms with van der Waals surface area (Å²) in [4.78, 5) is 14.9. The van der Waals surface area contributed by atoms with Gasteiger partial charge < -0.3 is 15.0 Å². The maximum Gasteiger partial charge on any atom is 0.258 e. The van der Waals surface area contributed by atoms with Gasteiger partial charge in [0, 0.05) is 11.7 Å². The number of benzene rings is 2. The van der Waals surface area contributed by atoms with Crippen LogP contribution in [0.25, 0.3) is 0 Å². The lowest BCUT2D eigenvalue weighted by molar-refractivity contribution is 0.0616. The Kier molecular flexibility index (Phi) is 4.98. The van der Waals surface area contributed by atoms with Crippen molar-refractivity contribution in [3.63, 3.8) is 0 Å². The second-order valence-corrected chi connectivity index (χ2v) is 7.18. The van der Waals surface area contributed by atoms with Gasteiger partial charge in [-0.1, -0.05) is 38.1 Å². The third-order valence-corrected chi connectivity index (χ3v) is 4.28. The van der Waals surface area contributed by atoms with Crippen molar-refractivity contribution in [3.05, 3.63) is 59.7 Å². The van der Waals surface area contributed by atoms with E-state index in [9.17, 15) is 4.79 Å². The number of carbonyl (C=O) groups excluding carboxylic acids is 1. The van der Waals surface area contributed by atoms with Crippen LogP contribution in [0.3, 0.4) is 0 Å². The Bertz CT molecular complexity index is 755. The summed E-state index contributed by atoms with van der Waals surface area (Å²) in [5.74, 6) is 1.36. The number of ether oxygens (including phenoxy) is 1. The summed E-state index contributed by atoms with van der Waals surface area (Å²) < 4.78 is 5.86. The van der Waals surface area contributed by atoms with Crippen LogP contribution in [0.1, 0.15) is 49.8 Å². The zero-order valence-electron chi connectivity index (χ0n) is 15.3. The summed E-state index contributed by atoms with van der Waals surface area (Å²) in [5.41, 5.74) is 2.63. The molecule has 3 rings (SSSR count). The van der Waals surface area contributed by atoms with Gasteiger partial charge in [0.25, 0.3) is 5.91 Å². The molecule has 132 valence electrons. The third kappa shape index (κ3) is 3.63. The van der Waals surface area contributed by atoms with Crippen molar-refractivity contribution in [2.45, 2.75) is 39.9 Å². The molecule has 2 aromatic carbocycles. The second kappa shape index (κ2) is 7.18. The smallest absolute Gasteiger partial charge is 0.258 e. The van der Waals surface area contributed by atoms with E-state index in [1.54, 1.807) is 0 Å². The van der Waals surface area contributed by atoms with Gasteiger partial charge in [-0.05, 0) is 49.6 Å². The molecule has 0 aromatic heterocycles. The highest BCUT2D eigenvalue weighted by molar-refractivity contribution is 6.01. The molecular weight excluding hydrogens is 312 g/mol. The Morgan fingerprint density at radius 2 is 1.84 bits per heavy atom. The molecule has 1 unspecified atom stereocenters. The summed E-state index contributed by atoms with van der Waals surface area (Å²) in [6.07, 6.45) is -0.204. The zero-order chi connectivity index (χ0) is 18.0. The Morgan fingerprint density at radius 3 is 2.56 bits per heavy atom. The third-order valence-electron chi connectivity index (χ3n) is 4.28. The fourth-order valence-electron chi connectivity index (χ4n) is 3.08. The average Bonchev–Trinajstić information content (AvgIpc) is 2.59. The number of fused-ring (bicyclic) bond motifs is 1. The summed E-state index contributed by atoms with van der Waals surface area (Å²) >= 11 is 0. The highest BCUT2D eigenvalue weighted by Crippen LogP contribution is 2.35. The van der Waals surface area contributed by atoms with E-state index >= 15 is 0 Å². The molecule has 0 fully saturated rings. The summed E-state index contributed by atoms with van der Waals surface area (Å²) in [7, 11) is 0. The summed E-state index contributed by atoms with van der Waals surface area (Å²) in [6, 6.07) is 15.8. The van der Waals surface area contributed by atoms with Gasteiger partial charge in [-0.25, -0.2) is 0 Å². The number of anilines is 1. The minimum atomic E-state index is -0.204. The first-order chi connectivity index (χ1) is 12.0. The van der Waals surface area contributed by atoms with Crippen molar-refractivity contribution in [2.75, 3.05) is 11.9 Å². The number of nitrogens with one attached hydrogen (secondary N) is 1. The van der Waals surface area contributed by atoms with Crippen molar-refractivity contribution in [1.29, 1.82) is 0 Å². The summed E-state index contributed by atoms with van der Waals surface area (Å²) in [5, 5.41) is 3.52. The molecule has 0 radical (unpaired) electrons. The van der Waals surface area contributed by atoms with Gasteiger partial charge in [-0.15, -0.1) is 0 Å². The molecule has 0 saturated heterocycles. The molecule has 0 aliphatic carbocycles. The van der Waals surface area contributed by atoms with E-state index in [4.69, 9.17) is 4.74 Å². The highest BCUT2D eigenvalue weighted by Gasteiger charge is 2.34. The van der Waals surface area contributed by atoms with Crippen LogP contribution in [0.2, 0.25) is 0 Å². The lowest BCUT2D eigenvalue weighted by Gasteiger charge is -2.40. The summed E-state index contributed by atoms with van der Waals surface area (Å²) in [6.45, 7) is 9.02. The van der Waals surface area contributed by atoms with Crippen LogP contribution >= 0.6 is 0 Å². The Balaban J connectivity index is 1.95. The number of carbonyl (C=O) groups is 1. The van der Waals surface area contributed by atoms with E-state index in [-0.39, 0.29) is 18.1 Å². The molecule has 0 spiro atoms. The van der Waals surface area contributed by atoms with Gasteiger partial charge in [0.1, 0.15) is 11.9 Å². The lowest BCUT2D eigenvalue weighted by Crippen LogP contribution is -2.46. The van der Waals surface area contributed by atoms with Crippen LogP contribution in [0, 0.1) is 5.92 Å². The van der Waals surface area contributed by atoms with Crippen molar-refractivity contribution >= 4 is 11.6 Å². The van der Waals surface area contributed by atoms with Crippen LogP contribution in [0.4, 0.5) is 5.69 Å². The van der Waals surface area contributed by atoms with E-state index in [0.29, 0.717) is 12.5 Å². The van der Waals surface area contributed by atoms with Gasteiger partial charge in [-0.2, -0.15) is 0 Å².